The molecule has 0 heterocycles. The Balaban J connectivity index is 2.08. The molecule has 0 aliphatic heterocycles. The number of nitrogens with zero attached hydrogens (tertiary/aromatic N) is 1. The predicted molar refractivity (Wildman–Crippen MR) is 106 cm³/mol. The standard InChI is InChI=1S/C20H26N2O3S/c1-15-10-11-19(16(2)12-15)22(26(4,24)25)14-20(23)21-13-17(3)18-8-6-5-7-9-18/h5-12,17H,13-14H2,1-4H3,(H,21,23). The molecule has 1 amide bonds. The lowest BCUT2D eigenvalue weighted by atomic mass is 10.0. The second-order valence-electron chi connectivity index (χ2n) is 6.68. The molecular weight excluding hydrogens is 348 g/mol. The van der Waals surface area contributed by atoms with Crippen LogP contribution in [0.2, 0.25) is 0 Å². The lowest BCUT2D eigenvalue weighted by Gasteiger charge is -2.24. The molecule has 0 saturated heterocycles. The van der Waals surface area contributed by atoms with Gasteiger partial charge in [0, 0.05) is 6.54 Å². The van der Waals surface area contributed by atoms with Gasteiger partial charge in [0.1, 0.15) is 6.54 Å². The average molecular weight is 375 g/mol. The summed E-state index contributed by atoms with van der Waals surface area (Å²) < 4.78 is 25.6. The zero-order chi connectivity index (χ0) is 19.3. The molecule has 0 saturated carbocycles. The molecule has 2 rings (SSSR count). The van der Waals surface area contributed by atoms with Crippen molar-refractivity contribution in [2.45, 2.75) is 26.7 Å². The number of hydrogen-bond donors (Lipinski definition) is 1. The SMILES string of the molecule is Cc1ccc(N(CC(=O)NCC(C)c2ccccc2)S(C)(=O)=O)c(C)c1. The van der Waals surface area contributed by atoms with Crippen LogP contribution in [0.25, 0.3) is 0 Å². The molecule has 0 aliphatic carbocycles. The molecule has 0 bridgehead atoms. The maximum atomic E-state index is 12.4. The van der Waals surface area contributed by atoms with Crippen LogP contribution < -0.4 is 9.62 Å². The van der Waals surface area contributed by atoms with Crippen molar-refractivity contribution in [2.24, 2.45) is 0 Å². The number of carbonyl (C=O) groups is 1. The van der Waals surface area contributed by atoms with E-state index in [1.54, 1.807) is 6.07 Å². The summed E-state index contributed by atoms with van der Waals surface area (Å²) in [4.78, 5) is 12.4. The van der Waals surface area contributed by atoms with Crippen molar-refractivity contribution in [2.75, 3.05) is 23.7 Å². The third kappa shape index (κ3) is 5.33. The lowest BCUT2D eigenvalue weighted by Crippen LogP contribution is -2.41. The smallest absolute Gasteiger partial charge is 0.240 e. The molecule has 1 unspecified atom stereocenters. The molecule has 1 atom stereocenters. The molecule has 26 heavy (non-hydrogen) atoms. The van der Waals surface area contributed by atoms with Crippen LogP contribution in [-0.2, 0) is 14.8 Å². The Hall–Kier alpha value is -2.34. The average Bonchev–Trinajstić information content (AvgIpc) is 2.58. The minimum Gasteiger partial charge on any atom is -0.354 e. The second-order valence-corrected chi connectivity index (χ2v) is 8.58. The van der Waals surface area contributed by atoms with Crippen molar-refractivity contribution < 1.29 is 13.2 Å². The number of benzene rings is 2. The Morgan fingerprint density at radius 3 is 2.35 bits per heavy atom. The topological polar surface area (TPSA) is 66.5 Å². The highest BCUT2D eigenvalue weighted by atomic mass is 32.2. The van der Waals surface area contributed by atoms with Gasteiger partial charge in [-0.3, -0.25) is 9.10 Å². The first kappa shape index (κ1) is 20.0. The van der Waals surface area contributed by atoms with Gasteiger partial charge in [0.15, 0.2) is 0 Å². The van der Waals surface area contributed by atoms with Crippen molar-refractivity contribution >= 4 is 21.6 Å². The van der Waals surface area contributed by atoms with Crippen molar-refractivity contribution in [1.29, 1.82) is 0 Å². The summed E-state index contributed by atoms with van der Waals surface area (Å²) in [6.45, 7) is 6.03. The van der Waals surface area contributed by atoms with E-state index < -0.39 is 10.0 Å². The monoisotopic (exact) mass is 374 g/mol. The normalized spacial score (nSPS) is 12.5. The van der Waals surface area contributed by atoms with E-state index in [0.717, 1.165) is 27.3 Å². The summed E-state index contributed by atoms with van der Waals surface area (Å²) in [6.07, 6.45) is 1.12. The van der Waals surface area contributed by atoms with Crippen LogP contribution in [0.1, 0.15) is 29.5 Å². The number of sulfonamides is 1. The van der Waals surface area contributed by atoms with Gasteiger partial charge in [-0.25, -0.2) is 8.42 Å². The highest BCUT2D eigenvalue weighted by molar-refractivity contribution is 7.92. The minimum atomic E-state index is -3.57. The van der Waals surface area contributed by atoms with E-state index in [2.05, 4.69) is 5.32 Å². The van der Waals surface area contributed by atoms with Crippen molar-refractivity contribution in [3.63, 3.8) is 0 Å². The molecular formula is C20H26N2O3S. The van der Waals surface area contributed by atoms with Gasteiger partial charge in [-0.1, -0.05) is 55.0 Å². The first-order valence-corrected chi connectivity index (χ1v) is 10.4. The molecule has 0 fully saturated rings. The molecule has 0 aromatic heterocycles. The molecule has 0 radical (unpaired) electrons. The van der Waals surface area contributed by atoms with Gasteiger partial charge in [0.05, 0.1) is 11.9 Å². The van der Waals surface area contributed by atoms with Crippen molar-refractivity contribution in [1.82, 2.24) is 5.32 Å². The van der Waals surface area contributed by atoms with Gasteiger partial charge in [-0.2, -0.15) is 0 Å². The molecule has 2 aromatic rings. The number of rotatable bonds is 7. The van der Waals surface area contributed by atoms with Crippen LogP contribution in [0.4, 0.5) is 5.69 Å². The van der Waals surface area contributed by atoms with Crippen LogP contribution in [0, 0.1) is 13.8 Å². The quantitative estimate of drug-likeness (QED) is 0.810. The van der Waals surface area contributed by atoms with Crippen molar-refractivity contribution in [3.05, 3.63) is 65.2 Å². The van der Waals surface area contributed by atoms with E-state index in [-0.39, 0.29) is 18.4 Å². The highest BCUT2D eigenvalue weighted by Gasteiger charge is 2.22. The Kier molecular flexibility index (Phi) is 6.42. The van der Waals surface area contributed by atoms with Crippen molar-refractivity contribution in [3.8, 4) is 0 Å². The van der Waals surface area contributed by atoms with E-state index >= 15 is 0 Å². The Morgan fingerprint density at radius 2 is 1.77 bits per heavy atom. The van der Waals surface area contributed by atoms with E-state index in [1.165, 1.54) is 0 Å². The third-order valence-corrected chi connectivity index (χ3v) is 5.41. The van der Waals surface area contributed by atoms with Crippen LogP contribution in [0.3, 0.4) is 0 Å². The van der Waals surface area contributed by atoms with Crippen LogP contribution in [-0.4, -0.2) is 33.7 Å². The second kappa shape index (κ2) is 8.36. The third-order valence-electron chi connectivity index (χ3n) is 4.28. The summed E-state index contributed by atoms with van der Waals surface area (Å²) in [5, 5.41) is 2.84. The predicted octanol–water partition coefficient (Wildman–Crippen LogP) is 2.99. The number of amides is 1. The van der Waals surface area contributed by atoms with Crippen LogP contribution in [0.15, 0.2) is 48.5 Å². The van der Waals surface area contributed by atoms with E-state index in [0.29, 0.717) is 12.2 Å². The fourth-order valence-corrected chi connectivity index (χ4v) is 3.73. The Labute approximate surface area is 156 Å². The largest absolute Gasteiger partial charge is 0.354 e. The van der Waals surface area contributed by atoms with Crippen LogP contribution >= 0.6 is 0 Å². The molecule has 0 aliphatic rings. The molecule has 5 nitrogen and oxygen atoms in total. The molecule has 6 heteroatoms. The van der Waals surface area contributed by atoms with E-state index in [9.17, 15) is 13.2 Å². The Morgan fingerprint density at radius 1 is 1.12 bits per heavy atom. The van der Waals surface area contributed by atoms with Gasteiger partial charge < -0.3 is 5.32 Å². The molecule has 0 spiro atoms. The number of aryl methyl sites for hydroxylation is 2. The van der Waals surface area contributed by atoms with E-state index in [4.69, 9.17) is 0 Å². The summed E-state index contributed by atoms with van der Waals surface area (Å²) in [7, 11) is -3.57. The van der Waals surface area contributed by atoms with Gasteiger partial charge in [0.2, 0.25) is 15.9 Å². The first-order chi connectivity index (χ1) is 12.2. The van der Waals surface area contributed by atoms with Gasteiger partial charge in [-0.05, 0) is 37.0 Å². The van der Waals surface area contributed by atoms with E-state index in [1.807, 2.05) is 63.2 Å². The fraction of sp³-hybridized carbons (Fsp3) is 0.350. The summed E-state index contributed by atoms with van der Waals surface area (Å²) in [5.74, 6) is -0.175. The lowest BCUT2D eigenvalue weighted by molar-refractivity contribution is -0.119. The van der Waals surface area contributed by atoms with Crippen LogP contribution in [0.5, 0.6) is 0 Å². The maximum absolute atomic E-state index is 12.4. The van der Waals surface area contributed by atoms with Gasteiger partial charge >= 0.3 is 0 Å². The number of carbonyl (C=O) groups excluding carboxylic acids is 1. The number of nitrogens with one attached hydrogen (secondary N) is 1. The minimum absolute atomic E-state index is 0.146. The van der Waals surface area contributed by atoms with Gasteiger partial charge in [0.25, 0.3) is 0 Å². The zero-order valence-corrected chi connectivity index (χ0v) is 16.5. The summed E-state index contributed by atoms with van der Waals surface area (Å²) in [5.41, 5.74) is 3.52. The Bertz CT molecular complexity index is 864. The number of hydrogen-bond acceptors (Lipinski definition) is 3. The molecule has 2 aromatic carbocycles. The van der Waals surface area contributed by atoms with Gasteiger partial charge in [-0.15, -0.1) is 0 Å². The highest BCUT2D eigenvalue weighted by Crippen LogP contribution is 2.23. The zero-order valence-electron chi connectivity index (χ0n) is 15.7. The fourth-order valence-electron chi connectivity index (χ4n) is 2.82. The molecule has 140 valence electrons. The summed E-state index contributed by atoms with van der Waals surface area (Å²) in [6, 6.07) is 15.4. The first-order valence-electron chi connectivity index (χ1n) is 8.55. The summed E-state index contributed by atoms with van der Waals surface area (Å²) >= 11 is 0. The number of anilines is 1. The maximum Gasteiger partial charge on any atom is 0.240 e. The molecule has 1 N–H and O–H groups in total.